The van der Waals surface area contributed by atoms with Gasteiger partial charge in [0.1, 0.15) is 23.6 Å². The Morgan fingerprint density at radius 3 is 2.23 bits per heavy atom. The molecule has 5 N–H and O–H groups in total. The number of benzene rings is 2. The van der Waals surface area contributed by atoms with Gasteiger partial charge in [-0.05, 0) is 35.6 Å². The summed E-state index contributed by atoms with van der Waals surface area (Å²) in [6, 6.07) is 20.6. The molecular weight excluding hydrogens is 496 g/mol. The molecule has 1 saturated heterocycles. The van der Waals surface area contributed by atoms with Gasteiger partial charge in [-0.25, -0.2) is 4.79 Å². The summed E-state index contributed by atoms with van der Waals surface area (Å²) in [5, 5.41) is 13.1. The molecule has 39 heavy (non-hydrogen) atoms. The second-order valence-corrected chi connectivity index (χ2v) is 9.29. The predicted molar refractivity (Wildman–Crippen MR) is 146 cm³/mol. The Balaban J connectivity index is 1.57. The molecule has 3 amide bonds. The molecule has 202 valence electrons. The number of nitrogens with one attached hydrogen (secondary N) is 3. The van der Waals surface area contributed by atoms with Crippen molar-refractivity contribution < 1.29 is 19.1 Å². The number of likely N-dealkylation sites (tertiary alicyclic amines) is 1. The van der Waals surface area contributed by atoms with Crippen molar-refractivity contribution in [2.75, 3.05) is 13.7 Å². The largest absolute Gasteiger partial charge is 0.453 e. The maximum Gasteiger partial charge on any atom is 0.407 e. The molecule has 4 rings (SSSR count). The van der Waals surface area contributed by atoms with Crippen LogP contribution < -0.4 is 16.4 Å². The molecule has 2 heterocycles. The second-order valence-electron chi connectivity index (χ2n) is 9.29. The minimum atomic E-state index is -1.00. The minimum Gasteiger partial charge on any atom is -0.453 e. The summed E-state index contributed by atoms with van der Waals surface area (Å²) >= 11 is 0. The van der Waals surface area contributed by atoms with E-state index in [4.69, 9.17) is 15.9 Å². The van der Waals surface area contributed by atoms with Crippen LogP contribution in [0.4, 0.5) is 4.79 Å². The van der Waals surface area contributed by atoms with Gasteiger partial charge in [0.05, 0.1) is 7.11 Å². The standard InChI is InChI=1S/C29H32N6O4/c1-39-29(38)34-25(24(20-9-4-2-5-10-20)21-11-6-3-7-12-21)28(37)35-16-8-13-23(35)27(36)33-18-19-14-15-22(26(30)31)32-17-19/h2-7,9-12,14-15,17,23-25H,8,13,16,18H2,1H3,(H3,30,31)(H,33,36)(H,34,38)/t23-,25?/m0/s1. The normalized spacial score (nSPS) is 15.4. The first-order valence-electron chi connectivity index (χ1n) is 12.7. The predicted octanol–water partition coefficient (Wildman–Crippen LogP) is 2.53. The summed E-state index contributed by atoms with van der Waals surface area (Å²) in [4.78, 5) is 45.4. The number of amides is 3. The van der Waals surface area contributed by atoms with Crippen LogP contribution in [0, 0.1) is 5.41 Å². The molecule has 1 unspecified atom stereocenters. The van der Waals surface area contributed by atoms with Crippen LogP contribution in [0.3, 0.4) is 0 Å². The molecule has 0 bridgehead atoms. The lowest BCUT2D eigenvalue weighted by Crippen LogP contribution is -2.55. The van der Waals surface area contributed by atoms with E-state index in [0.717, 1.165) is 16.7 Å². The maximum absolute atomic E-state index is 14.1. The van der Waals surface area contributed by atoms with E-state index >= 15 is 0 Å². The Labute approximate surface area is 227 Å². The molecule has 1 aliphatic heterocycles. The number of hydrogen-bond acceptors (Lipinski definition) is 6. The SMILES string of the molecule is COC(=O)NC(C(=O)N1CCC[C@H]1C(=O)NCc1ccc(C(=N)N)nc1)C(c1ccccc1)c1ccccc1. The zero-order chi connectivity index (χ0) is 27.8. The highest BCUT2D eigenvalue weighted by molar-refractivity contribution is 5.93. The molecule has 1 aliphatic rings. The Hall–Kier alpha value is -4.73. The van der Waals surface area contributed by atoms with Gasteiger partial charge in [0.15, 0.2) is 0 Å². The molecule has 0 radical (unpaired) electrons. The van der Waals surface area contributed by atoms with E-state index in [1.807, 2.05) is 60.7 Å². The van der Waals surface area contributed by atoms with E-state index in [-0.39, 0.29) is 24.2 Å². The molecule has 3 aromatic rings. The Kier molecular flexibility index (Phi) is 8.88. The summed E-state index contributed by atoms with van der Waals surface area (Å²) in [6.07, 6.45) is 1.98. The van der Waals surface area contributed by atoms with Crippen LogP contribution in [-0.2, 0) is 20.9 Å². The van der Waals surface area contributed by atoms with E-state index in [0.29, 0.717) is 25.1 Å². The fraction of sp³-hybridized carbons (Fsp3) is 0.276. The van der Waals surface area contributed by atoms with Gasteiger partial charge in [-0.3, -0.25) is 20.0 Å². The lowest BCUT2D eigenvalue weighted by molar-refractivity contribution is -0.140. The first-order chi connectivity index (χ1) is 18.9. The number of aromatic nitrogens is 1. The van der Waals surface area contributed by atoms with Crippen molar-refractivity contribution in [1.29, 1.82) is 5.41 Å². The van der Waals surface area contributed by atoms with Gasteiger partial charge in [-0.2, -0.15) is 0 Å². The summed E-state index contributed by atoms with van der Waals surface area (Å²) in [7, 11) is 1.25. The molecule has 10 nitrogen and oxygen atoms in total. The quantitative estimate of drug-likeness (QED) is 0.248. The highest BCUT2D eigenvalue weighted by Gasteiger charge is 2.41. The fourth-order valence-electron chi connectivity index (χ4n) is 4.85. The highest BCUT2D eigenvalue weighted by Crippen LogP contribution is 2.31. The molecule has 1 fully saturated rings. The number of amidine groups is 1. The van der Waals surface area contributed by atoms with Crippen LogP contribution in [-0.4, -0.2) is 59.4 Å². The third-order valence-corrected chi connectivity index (χ3v) is 6.78. The lowest BCUT2D eigenvalue weighted by Gasteiger charge is -2.33. The second kappa shape index (κ2) is 12.7. The average molecular weight is 529 g/mol. The van der Waals surface area contributed by atoms with Gasteiger partial charge in [-0.1, -0.05) is 66.7 Å². The number of ether oxygens (including phenoxy) is 1. The Bertz CT molecular complexity index is 1260. The zero-order valence-electron chi connectivity index (χ0n) is 21.7. The molecule has 0 aliphatic carbocycles. The van der Waals surface area contributed by atoms with E-state index < -0.39 is 24.1 Å². The Morgan fingerprint density at radius 1 is 1.05 bits per heavy atom. The van der Waals surface area contributed by atoms with Crippen molar-refractivity contribution >= 4 is 23.7 Å². The summed E-state index contributed by atoms with van der Waals surface area (Å²) < 4.78 is 4.87. The zero-order valence-corrected chi connectivity index (χ0v) is 21.7. The monoisotopic (exact) mass is 528 g/mol. The molecule has 2 atom stereocenters. The lowest BCUT2D eigenvalue weighted by atomic mass is 9.84. The summed E-state index contributed by atoms with van der Waals surface area (Å²) in [6.45, 7) is 0.602. The maximum atomic E-state index is 14.1. The van der Waals surface area contributed by atoms with Gasteiger partial charge >= 0.3 is 6.09 Å². The third kappa shape index (κ3) is 6.59. The molecule has 10 heteroatoms. The van der Waals surface area contributed by atoms with Crippen molar-refractivity contribution in [3.8, 4) is 0 Å². The fourth-order valence-corrected chi connectivity index (χ4v) is 4.85. The van der Waals surface area contributed by atoms with Crippen LogP contribution in [0.1, 0.15) is 41.1 Å². The van der Waals surface area contributed by atoms with Crippen LogP contribution >= 0.6 is 0 Å². The smallest absolute Gasteiger partial charge is 0.407 e. The van der Waals surface area contributed by atoms with Crippen molar-refractivity contribution in [1.82, 2.24) is 20.5 Å². The number of nitrogens with zero attached hydrogens (tertiary/aromatic N) is 2. The van der Waals surface area contributed by atoms with Gasteiger partial charge in [0.25, 0.3) is 0 Å². The van der Waals surface area contributed by atoms with Crippen molar-refractivity contribution in [2.24, 2.45) is 5.73 Å². The van der Waals surface area contributed by atoms with Gasteiger partial charge in [0.2, 0.25) is 11.8 Å². The highest BCUT2D eigenvalue weighted by atomic mass is 16.5. The van der Waals surface area contributed by atoms with Crippen molar-refractivity contribution in [2.45, 2.75) is 37.4 Å². The number of nitrogens with two attached hydrogens (primary N) is 1. The van der Waals surface area contributed by atoms with E-state index in [1.54, 1.807) is 23.2 Å². The molecule has 1 aromatic heterocycles. The van der Waals surface area contributed by atoms with Gasteiger partial charge in [-0.15, -0.1) is 0 Å². The van der Waals surface area contributed by atoms with E-state index in [9.17, 15) is 14.4 Å². The number of rotatable bonds is 9. The molecular formula is C29H32N6O4. The van der Waals surface area contributed by atoms with Crippen LogP contribution in [0.5, 0.6) is 0 Å². The number of hydrogen-bond donors (Lipinski definition) is 4. The van der Waals surface area contributed by atoms with Gasteiger partial charge < -0.3 is 26.0 Å². The van der Waals surface area contributed by atoms with Gasteiger partial charge in [0, 0.05) is 25.2 Å². The van der Waals surface area contributed by atoms with Crippen molar-refractivity contribution in [3.05, 3.63) is 101 Å². The molecule has 2 aromatic carbocycles. The first-order valence-corrected chi connectivity index (χ1v) is 12.7. The number of alkyl carbamates (subject to hydrolysis) is 1. The number of pyridine rings is 1. The van der Waals surface area contributed by atoms with Crippen LogP contribution in [0.2, 0.25) is 0 Å². The first kappa shape index (κ1) is 27.3. The topological polar surface area (TPSA) is 150 Å². The van der Waals surface area contributed by atoms with Crippen LogP contribution in [0.15, 0.2) is 79.0 Å². The third-order valence-electron chi connectivity index (χ3n) is 6.78. The number of nitrogen functional groups attached to an aromatic ring is 1. The van der Waals surface area contributed by atoms with Crippen LogP contribution in [0.25, 0.3) is 0 Å². The van der Waals surface area contributed by atoms with E-state index in [1.165, 1.54) is 7.11 Å². The Morgan fingerprint density at radius 2 is 1.69 bits per heavy atom. The minimum absolute atomic E-state index is 0.134. The van der Waals surface area contributed by atoms with E-state index in [2.05, 4.69) is 15.6 Å². The number of methoxy groups -OCH3 is 1. The molecule has 0 spiro atoms. The molecule has 0 saturated carbocycles. The summed E-state index contributed by atoms with van der Waals surface area (Å²) in [5.74, 6) is -1.29. The average Bonchev–Trinajstić information content (AvgIpc) is 3.47. The number of carbonyl (C=O) groups excluding carboxylic acids is 3. The summed E-state index contributed by atoms with van der Waals surface area (Å²) in [5.41, 5.74) is 8.24. The number of carbonyl (C=O) groups is 3. The van der Waals surface area contributed by atoms with Crippen molar-refractivity contribution in [3.63, 3.8) is 0 Å².